The van der Waals surface area contributed by atoms with Crippen molar-refractivity contribution in [2.24, 2.45) is 5.73 Å². The summed E-state index contributed by atoms with van der Waals surface area (Å²) < 4.78 is 4.96. The molecule has 1 atom stereocenters. The Hall–Kier alpha value is -1.40. The Morgan fingerprint density at radius 3 is 3.11 bits per heavy atom. The van der Waals surface area contributed by atoms with Gasteiger partial charge in [0.1, 0.15) is 11.6 Å². The summed E-state index contributed by atoms with van der Waals surface area (Å²) in [6.07, 6.45) is 3.01. The molecule has 0 bridgehead atoms. The summed E-state index contributed by atoms with van der Waals surface area (Å²) in [5.74, 6) is 1.87. The number of H-pyrrole nitrogens is 1. The standard InChI is InChI=1S/C12H20N4O2/c1-18-7-9(13)4-5-14-10-6-11(17)16-12(15-10)8-2-3-8/h6,8-9H,2-5,7,13H2,1H3,(H2,14,15,16,17). The van der Waals surface area contributed by atoms with Crippen LogP contribution in [0.1, 0.15) is 31.0 Å². The molecule has 0 radical (unpaired) electrons. The third-order valence-corrected chi connectivity index (χ3v) is 2.93. The van der Waals surface area contributed by atoms with E-state index in [9.17, 15) is 4.79 Å². The van der Waals surface area contributed by atoms with E-state index in [2.05, 4.69) is 15.3 Å². The van der Waals surface area contributed by atoms with Crippen LogP contribution in [0, 0.1) is 0 Å². The largest absolute Gasteiger partial charge is 0.383 e. The van der Waals surface area contributed by atoms with E-state index in [0.717, 1.165) is 25.1 Å². The van der Waals surface area contributed by atoms with Crippen LogP contribution in [0.4, 0.5) is 5.82 Å². The highest BCUT2D eigenvalue weighted by atomic mass is 16.5. The Labute approximate surface area is 106 Å². The van der Waals surface area contributed by atoms with Crippen LogP contribution in [-0.2, 0) is 4.74 Å². The molecular weight excluding hydrogens is 232 g/mol. The lowest BCUT2D eigenvalue weighted by atomic mass is 10.2. The third-order valence-electron chi connectivity index (χ3n) is 2.93. The fraction of sp³-hybridized carbons (Fsp3) is 0.667. The van der Waals surface area contributed by atoms with Crippen molar-refractivity contribution in [2.45, 2.75) is 31.2 Å². The van der Waals surface area contributed by atoms with Gasteiger partial charge in [0.2, 0.25) is 0 Å². The summed E-state index contributed by atoms with van der Waals surface area (Å²) in [5, 5.41) is 3.13. The van der Waals surface area contributed by atoms with Gasteiger partial charge in [0.05, 0.1) is 6.61 Å². The van der Waals surface area contributed by atoms with Gasteiger partial charge in [-0.25, -0.2) is 4.98 Å². The number of nitrogens with two attached hydrogens (primary N) is 1. The molecule has 0 spiro atoms. The van der Waals surface area contributed by atoms with Crippen LogP contribution >= 0.6 is 0 Å². The predicted octanol–water partition coefficient (Wildman–Crippen LogP) is 0.423. The molecule has 18 heavy (non-hydrogen) atoms. The summed E-state index contributed by atoms with van der Waals surface area (Å²) in [7, 11) is 1.63. The summed E-state index contributed by atoms with van der Waals surface area (Å²) in [6.45, 7) is 1.23. The van der Waals surface area contributed by atoms with Crippen molar-refractivity contribution >= 4 is 5.82 Å². The third kappa shape index (κ3) is 3.82. The van der Waals surface area contributed by atoms with Crippen molar-refractivity contribution in [3.8, 4) is 0 Å². The minimum atomic E-state index is -0.101. The maximum atomic E-state index is 11.5. The monoisotopic (exact) mass is 252 g/mol. The van der Waals surface area contributed by atoms with Gasteiger partial charge in [-0.1, -0.05) is 0 Å². The quantitative estimate of drug-likeness (QED) is 0.654. The van der Waals surface area contributed by atoms with Gasteiger partial charge in [-0.15, -0.1) is 0 Å². The first-order valence-electron chi connectivity index (χ1n) is 6.28. The Balaban J connectivity index is 1.87. The van der Waals surface area contributed by atoms with Crippen LogP contribution < -0.4 is 16.6 Å². The van der Waals surface area contributed by atoms with Gasteiger partial charge >= 0.3 is 0 Å². The highest BCUT2D eigenvalue weighted by Gasteiger charge is 2.26. The van der Waals surface area contributed by atoms with Gasteiger partial charge < -0.3 is 20.8 Å². The first-order valence-corrected chi connectivity index (χ1v) is 6.28. The number of aromatic nitrogens is 2. The van der Waals surface area contributed by atoms with E-state index in [0.29, 0.717) is 24.9 Å². The van der Waals surface area contributed by atoms with E-state index in [1.165, 1.54) is 6.07 Å². The fourth-order valence-corrected chi connectivity index (χ4v) is 1.80. The number of nitrogens with one attached hydrogen (secondary N) is 2. The minimum absolute atomic E-state index is 0.00685. The molecule has 4 N–H and O–H groups in total. The Morgan fingerprint density at radius 2 is 2.44 bits per heavy atom. The lowest BCUT2D eigenvalue weighted by molar-refractivity contribution is 0.178. The van der Waals surface area contributed by atoms with Crippen LogP contribution in [0.5, 0.6) is 0 Å². The first-order chi connectivity index (χ1) is 8.69. The SMILES string of the molecule is COCC(N)CCNc1cc(=O)[nH]c(C2CC2)n1. The van der Waals surface area contributed by atoms with Crippen molar-refractivity contribution in [1.82, 2.24) is 9.97 Å². The molecule has 0 saturated heterocycles. The highest BCUT2D eigenvalue weighted by molar-refractivity contribution is 5.33. The Morgan fingerprint density at radius 1 is 1.67 bits per heavy atom. The van der Waals surface area contributed by atoms with Crippen molar-refractivity contribution in [3.63, 3.8) is 0 Å². The number of nitrogens with zero attached hydrogens (tertiary/aromatic N) is 1. The second-order valence-electron chi connectivity index (χ2n) is 4.72. The molecule has 1 aromatic heterocycles. The maximum Gasteiger partial charge on any atom is 0.252 e. The zero-order valence-electron chi connectivity index (χ0n) is 10.6. The molecule has 1 fully saturated rings. The van der Waals surface area contributed by atoms with E-state index in [4.69, 9.17) is 10.5 Å². The first kappa shape index (κ1) is 13.0. The molecule has 1 aromatic rings. The van der Waals surface area contributed by atoms with Crippen LogP contribution in [0.3, 0.4) is 0 Å². The van der Waals surface area contributed by atoms with Crippen LogP contribution in [0.25, 0.3) is 0 Å². The fourth-order valence-electron chi connectivity index (χ4n) is 1.80. The van der Waals surface area contributed by atoms with Crippen molar-refractivity contribution in [3.05, 3.63) is 22.2 Å². The van der Waals surface area contributed by atoms with E-state index >= 15 is 0 Å². The van der Waals surface area contributed by atoms with Gasteiger partial charge in [-0.3, -0.25) is 4.79 Å². The van der Waals surface area contributed by atoms with Crippen LogP contribution in [0.15, 0.2) is 10.9 Å². The average molecular weight is 252 g/mol. The summed E-state index contributed by atoms with van der Waals surface area (Å²) >= 11 is 0. The maximum absolute atomic E-state index is 11.5. The molecule has 2 rings (SSSR count). The Bertz CT molecular complexity index is 442. The molecule has 100 valence electrons. The number of hydrogen-bond donors (Lipinski definition) is 3. The van der Waals surface area contributed by atoms with Crippen LogP contribution in [0.2, 0.25) is 0 Å². The molecule has 0 aliphatic heterocycles. The number of ether oxygens (including phenoxy) is 1. The predicted molar refractivity (Wildman–Crippen MR) is 69.8 cm³/mol. The molecule has 0 aromatic carbocycles. The van der Waals surface area contributed by atoms with Gasteiger partial charge in [0.15, 0.2) is 0 Å². The average Bonchev–Trinajstić information content (AvgIpc) is 3.12. The highest BCUT2D eigenvalue weighted by Crippen LogP contribution is 2.37. The van der Waals surface area contributed by atoms with Gasteiger partial charge in [-0.2, -0.15) is 0 Å². The van der Waals surface area contributed by atoms with Crippen molar-refractivity contribution < 1.29 is 4.74 Å². The van der Waals surface area contributed by atoms with Gasteiger partial charge in [-0.05, 0) is 19.3 Å². The van der Waals surface area contributed by atoms with Crippen LogP contribution in [-0.4, -0.2) is 36.3 Å². The molecule has 1 aliphatic rings. The molecule has 1 saturated carbocycles. The number of anilines is 1. The minimum Gasteiger partial charge on any atom is -0.383 e. The van der Waals surface area contributed by atoms with Gasteiger partial charge in [0, 0.05) is 31.7 Å². The van der Waals surface area contributed by atoms with Gasteiger partial charge in [0.25, 0.3) is 5.56 Å². The molecule has 0 amide bonds. The summed E-state index contributed by atoms with van der Waals surface area (Å²) in [6, 6.07) is 1.49. The number of rotatable bonds is 7. The van der Waals surface area contributed by atoms with E-state index in [1.807, 2.05) is 0 Å². The second kappa shape index (κ2) is 5.97. The summed E-state index contributed by atoms with van der Waals surface area (Å²) in [4.78, 5) is 18.6. The second-order valence-corrected chi connectivity index (χ2v) is 4.72. The van der Waals surface area contributed by atoms with Crippen molar-refractivity contribution in [2.75, 3.05) is 25.6 Å². The zero-order valence-corrected chi connectivity index (χ0v) is 10.6. The molecular formula is C12H20N4O2. The number of aromatic amines is 1. The van der Waals surface area contributed by atoms with E-state index in [1.54, 1.807) is 7.11 Å². The van der Waals surface area contributed by atoms with E-state index < -0.39 is 0 Å². The smallest absolute Gasteiger partial charge is 0.252 e. The van der Waals surface area contributed by atoms with E-state index in [-0.39, 0.29) is 11.6 Å². The molecule has 6 nitrogen and oxygen atoms in total. The molecule has 1 aliphatic carbocycles. The lowest BCUT2D eigenvalue weighted by Gasteiger charge is -2.11. The molecule has 1 heterocycles. The Kier molecular flexibility index (Phi) is 4.33. The number of hydrogen-bond acceptors (Lipinski definition) is 5. The zero-order chi connectivity index (χ0) is 13.0. The number of methoxy groups -OCH3 is 1. The topological polar surface area (TPSA) is 93.0 Å². The lowest BCUT2D eigenvalue weighted by Crippen LogP contribution is -2.28. The summed E-state index contributed by atoms with van der Waals surface area (Å²) in [5.41, 5.74) is 5.71. The molecule has 6 heteroatoms. The molecule has 1 unspecified atom stereocenters. The van der Waals surface area contributed by atoms with Crippen molar-refractivity contribution in [1.29, 1.82) is 0 Å². The normalized spacial score (nSPS) is 16.6.